The van der Waals surface area contributed by atoms with Gasteiger partial charge in [-0.3, -0.25) is 24.2 Å². The molecule has 2 N–H and O–H groups in total. The lowest BCUT2D eigenvalue weighted by molar-refractivity contribution is -0.144. The third-order valence-electron chi connectivity index (χ3n) is 4.39. The van der Waals surface area contributed by atoms with E-state index in [-0.39, 0.29) is 15.2 Å². The molecule has 1 heterocycles. The van der Waals surface area contributed by atoms with Crippen molar-refractivity contribution < 1.29 is 32.4 Å². The highest BCUT2D eigenvalue weighted by Crippen LogP contribution is 2.29. The largest absolute Gasteiger partial charge is 0.431 e. The summed E-state index contributed by atoms with van der Waals surface area (Å²) in [6.45, 7) is 1.66. The molecule has 1 aliphatic carbocycles. The van der Waals surface area contributed by atoms with Gasteiger partial charge in [-0.25, -0.2) is 19.2 Å². The van der Waals surface area contributed by atoms with Gasteiger partial charge in [0.2, 0.25) is 0 Å². The number of halogens is 5. The summed E-state index contributed by atoms with van der Waals surface area (Å²) in [4.78, 5) is 45.7. The highest BCUT2D eigenvalue weighted by atomic mass is 35.5. The average Bonchev–Trinajstić information content (AvgIpc) is 3.51. The second kappa shape index (κ2) is 9.02. The fourth-order valence-corrected chi connectivity index (χ4v) is 2.79. The molecule has 1 aromatic heterocycles. The van der Waals surface area contributed by atoms with Crippen molar-refractivity contribution in [1.29, 1.82) is 0 Å². The maximum Gasteiger partial charge on any atom is 0.431 e. The normalized spacial score (nSPS) is 13.3. The number of carbonyl (C=O) groups is 2. The van der Waals surface area contributed by atoms with Gasteiger partial charge in [0.25, 0.3) is 11.5 Å². The van der Waals surface area contributed by atoms with E-state index in [0.29, 0.717) is 23.8 Å². The van der Waals surface area contributed by atoms with Gasteiger partial charge in [0.15, 0.2) is 0 Å². The summed E-state index contributed by atoms with van der Waals surface area (Å²) in [5, 5.41) is 8.16. The van der Waals surface area contributed by atoms with Gasteiger partial charge < -0.3 is 0 Å². The Bertz CT molecular complexity index is 1150. The van der Waals surface area contributed by atoms with Gasteiger partial charge in [-0.2, -0.15) is 13.2 Å². The van der Waals surface area contributed by atoms with Crippen LogP contribution in [0.4, 0.5) is 17.6 Å². The Morgan fingerprint density at radius 1 is 1.19 bits per heavy atom. The monoisotopic (exact) mass is 465 g/mol. The molecule has 1 aromatic carbocycles. The molecule has 31 heavy (non-hydrogen) atoms. The van der Waals surface area contributed by atoms with Crippen LogP contribution >= 0.6 is 11.6 Å². The van der Waals surface area contributed by atoms with Gasteiger partial charge in [-0.15, -0.1) is 0 Å². The number of hydrogen-bond donors (Lipinski definition) is 2. The summed E-state index contributed by atoms with van der Waals surface area (Å²) in [5.41, 5.74) is -4.57. The lowest BCUT2D eigenvalue weighted by Gasteiger charge is -2.15. The third-order valence-corrected chi connectivity index (χ3v) is 4.70. The van der Waals surface area contributed by atoms with Crippen LogP contribution in [-0.2, 0) is 18.0 Å². The molecule has 168 valence electrons. The number of hydroxylamine groups is 1. The van der Waals surface area contributed by atoms with Crippen molar-refractivity contribution in [2.45, 2.75) is 25.9 Å². The standard InChI is InChI=1S/C13H8ClF4N3O4.C5H8O/c1-20-9(13(16,17)18)4-10(22)21(12(20)24)8-2-5(11(23)19-25)6(14)3-7(8)15;1-4(6)5-2-3-5/h2-4,25H,1H3,(H,19,23);5H,2-3H2,1H3. The molecule has 0 radical (unpaired) electrons. The van der Waals surface area contributed by atoms with Crippen LogP contribution in [0.2, 0.25) is 5.02 Å². The van der Waals surface area contributed by atoms with Crippen LogP contribution in [-0.4, -0.2) is 26.0 Å². The average molecular weight is 466 g/mol. The fourth-order valence-electron chi connectivity index (χ4n) is 2.55. The maximum absolute atomic E-state index is 14.1. The van der Waals surface area contributed by atoms with Gasteiger partial charge in [-0.1, -0.05) is 11.6 Å². The van der Waals surface area contributed by atoms with E-state index in [4.69, 9.17) is 16.8 Å². The summed E-state index contributed by atoms with van der Waals surface area (Å²) in [6.07, 6.45) is -2.68. The van der Waals surface area contributed by atoms with Gasteiger partial charge in [0.05, 0.1) is 16.3 Å². The molecule has 1 amide bonds. The van der Waals surface area contributed by atoms with E-state index in [2.05, 4.69) is 0 Å². The van der Waals surface area contributed by atoms with Crippen LogP contribution in [0.3, 0.4) is 0 Å². The summed E-state index contributed by atoms with van der Waals surface area (Å²) in [7, 11) is 0.746. The Morgan fingerprint density at radius 2 is 1.77 bits per heavy atom. The van der Waals surface area contributed by atoms with Crippen molar-refractivity contribution in [3.63, 3.8) is 0 Å². The van der Waals surface area contributed by atoms with E-state index in [1.807, 2.05) is 0 Å². The Labute approximate surface area is 176 Å². The number of alkyl halides is 3. The molecular formula is C18H16ClF4N3O5. The second-order valence-electron chi connectivity index (χ2n) is 6.65. The van der Waals surface area contributed by atoms with Crippen molar-refractivity contribution >= 4 is 23.3 Å². The highest BCUT2D eigenvalue weighted by molar-refractivity contribution is 6.33. The number of nitrogens with one attached hydrogen (secondary N) is 1. The first kappa shape index (κ1) is 24.3. The summed E-state index contributed by atoms with van der Waals surface area (Å²) in [5.74, 6) is -1.58. The van der Waals surface area contributed by atoms with Crippen molar-refractivity contribution in [3.8, 4) is 5.69 Å². The number of nitrogens with zero attached hydrogens (tertiary/aromatic N) is 2. The number of ketones is 1. The number of Topliss-reactive ketones (excluding diaryl/α,β-unsaturated/α-hetero) is 1. The Hall–Kier alpha value is -2.99. The maximum atomic E-state index is 14.1. The van der Waals surface area contributed by atoms with Gasteiger partial charge >= 0.3 is 11.9 Å². The molecule has 13 heteroatoms. The Kier molecular flexibility index (Phi) is 7.06. The van der Waals surface area contributed by atoms with Crippen LogP contribution in [0.1, 0.15) is 35.8 Å². The number of rotatable bonds is 3. The molecule has 1 saturated carbocycles. The van der Waals surface area contributed by atoms with Crippen molar-refractivity contribution in [2.24, 2.45) is 13.0 Å². The van der Waals surface area contributed by atoms with Crippen LogP contribution in [0.5, 0.6) is 0 Å². The molecule has 8 nitrogen and oxygen atoms in total. The van der Waals surface area contributed by atoms with E-state index >= 15 is 0 Å². The minimum absolute atomic E-state index is 0.106. The molecule has 3 rings (SSSR count). The number of aromatic nitrogens is 2. The van der Waals surface area contributed by atoms with Crippen molar-refractivity contribution in [2.75, 3.05) is 0 Å². The first-order valence-corrected chi connectivity index (χ1v) is 9.02. The fraction of sp³-hybridized carbons (Fsp3) is 0.333. The summed E-state index contributed by atoms with van der Waals surface area (Å²) in [6, 6.07) is 1.34. The molecule has 0 spiro atoms. The first-order valence-electron chi connectivity index (χ1n) is 8.64. The SMILES string of the molecule is CC(=O)C1CC1.Cn1c(C(F)(F)F)cc(=O)n(-c2cc(C(=O)NO)c(Cl)cc2F)c1=O. The molecule has 2 aromatic rings. The molecule has 0 unspecified atom stereocenters. The smallest absolute Gasteiger partial charge is 0.300 e. The van der Waals surface area contributed by atoms with Crippen LogP contribution < -0.4 is 16.7 Å². The number of hydrogen-bond acceptors (Lipinski definition) is 5. The van der Waals surface area contributed by atoms with Gasteiger partial charge in [0, 0.05) is 19.0 Å². The summed E-state index contributed by atoms with van der Waals surface area (Å²) >= 11 is 5.63. The van der Waals surface area contributed by atoms with Gasteiger partial charge in [0.1, 0.15) is 17.3 Å². The quantitative estimate of drug-likeness (QED) is 0.411. The minimum atomic E-state index is -4.98. The molecule has 0 bridgehead atoms. The second-order valence-corrected chi connectivity index (χ2v) is 7.06. The van der Waals surface area contributed by atoms with Crippen molar-refractivity contribution in [3.05, 3.63) is 61.1 Å². The van der Waals surface area contributed by atoms with E-state index in [1.165, 1.54) is 5.48 Å². The van der Waals surface area contributed by atoms with Crippen LogP contribution in [0.25, 0.3) is 5.69 Å². The lowest BCUT2D eigenvalue weighted by Crippen LogP contribution is -2.41. The van der Waals surface area contributed by atoms with Crippen LogP contribution in [0, 0.1) is 11.7 Å². The summed E-state index contributed by atoms with van der Waals surface area (Å²) < 4.78 is 52.8. The molecule has 1 aliphatic rings. The predicted octanol–water partition coefficient (Wildman–Crippen LogP) is 2.45. The number of benzene rings is 1. The van der Waals surface area contributed by atoms with Crippen LogP contribution in [0.15, 0.2) is 27.8 Å². The van der Waals surface area contributed by atoms with Gasteiger partial charge in [-0.05, 0) is 31.9 Å². The predicted molar refractivity (Wildman–Crippen MR) is 99.9 cm³/mol. The molecule has 1 fully saturated rings. The molecule has 0 aliphatic heterocycles. The number of amides is 1. The topological polar surface area (TPSA) is 110 Å². The number of carbonyl (C=O) groups excluding carboxylic acids is 2. The van der Waals surface area contributed by atoms with E-state index in [9.17, 15) is 36.7 Å². The Morgan fingerprint density at radius 3 is 2.19 bits per heavy atom. The zero-order valence-electron chi connectivity index (χ0n) is 16.1. The zero-order valence-corrected chi connectivity index (χ0v) is 16.8. The lowest BCUT2D eigenvalue weighted by atomic mass is 10.1. The third kappa shape index (κ3) is 5.39. The minimum Gasteiger partial charge on any atom is -0.300 e. The van der Waals surface area contributed by atoms with E-state index < -0.39 is 51.1 Å². The van der Waals surface area contributed by atoms with Crippen molar-refractivity contribution in [1.82, 2.24) is 14.6 Å². The van der Waals surface area contributed by atoms with E-state index in [0.717, 1.165) is 19.9 Å². The molecule has 0 atom stereocenters. The molecule has 0 saturated heterocycles. The first-order chi connectivity index (χ1) is 14.3. The Balaban J connectivity index is 0.000000488. The highest BCUT2D eigenvalue weighted by Gasteiger charge is 2.35. The molecular weight excluding hydrogens is 450 g/mol. The van der Waals surface area contributed by atoms with E-state index in [1.54, 1.807) is 6.92 Å². The zero-order chi connectivity index (χ0) is 23.7.